The van der Waals surface area contributed by atoms with E-state index < -0.39 is 0 Å². The van der Waals surface area contributed by atoms with E-state index in [0.29, 0.717) is 0 Å². The van der Waals surface area contributed by atoms with Gasteiger partial charge in [0.2, 0.25) is 0 Å². The third kappa shape index (κ3) is 4.85. The molecule has 0 atom stereocenters. The highest BCUT2D eigenvalue weighted by atomic mass is 15.2. The number of anilines is 5. The number of nitrogens with zero attached hydrogens (tertiary/aromatic N) is 2. The average Bonchev–Trinajstić information content (AvgIpc) is 3.42. The molecule has 0 amide bonds. The number of fused-ring (bicyclic) bond motifs is 7. The molecule has 0 spiro atoms. The summed E-state index contributed by atoms with van der Waals surface area (Å²) >= 11 is 0. The first-order chi connectivity index (χ1) is 25.8. The number of para-hydroxylation sites is 3. The van der Waals surface area contributed by atoms with E-state index in [0.717, 1.165) is 13.0 Å². The molecule has 0 fully saturated rings. The minimum atomic E-state index is -0.0935. The molecule has 0 saturated heterocycles. The van der Waals surface area contributed by atoms with Gasteiger partial charge >= 0.3 is 0 Å². The molecular weight excluding hydrogens is 641 g/mol. The first kappa shape index (κ1) is 31.8. The summed E-state index contributed by atoms with van der Waals surface area (Å²) in [5, 5.41) is 2.50. The number of hydrogen-bond donors (Lipinski definition) is 0. The fraction of sp³-hybridized carbons (Fsp3) is 0.176. The smallest absolute Gasteiger partial charge is 0.0540 e. The van der Waals surface area contributed by atoms with E-state index in [9.17, 15) is 0 Å². The van der Waals surface area contributed by atoms with E-state index in [-0.39, 0.29) is 10.8 Å². The van der Waals surface area contributed by atoms with E-state index >= 15 is 0 Å². The van der Waals surface area contributed by atoms with Gasteiger partial charge in [-0.1, -0.05) is 149 Å². The van der Waals surface area contributed by atoms with Crippen LogP contribution in [0.5, 0.6) is 0 Å². The van der Waals surface area contributed by atoms with Crippen LogP contribution in [0.2, 0.25) is 0 Å². The van der Waals surface area contributed by atoms with E-state index in [1.807, 2.05) is 0 Å². The SMILES string of the molecule is CC1(C)c2cc(/C=C/c3cccc4c(N5c6ccccc6C(C)(C)c6ccccc65)cccc34)ccc2-c2ccc(N3CCCc4ccccc43)cc21. The van der Waals surface area contributed by atoms with Gasteiger partial charge in [0.15, 0.2) is 0 Å². The fourth-order valence-electron chi connectivity index (χ4n) is 9.59. The zero-order valence-electron chi connectivity index (χ0n) is 31.0. The number of rotatable bonds is 4. The summed E-state index contributed by atoms with van der Waals surface area (Å²) in [4.78, 5) is 4.99. The molecule has 0 bridgehead atoms. The van der Waals surface area contributed by atoms with Gasteiger partial charge in [0, 0.05) is 34.1 Å². The van der Waals surface area contributed by atoms with Crippen molar-refractivity contribution in [2.45, 2.75) is 51.4 Å². The Morgan fingerprint density at radius 3 is 1.87 bits per heavy atom. The van der Waals surface area contributed by atoms with Crippen LogP contribution >= 0.6 is 0 Å². The van der Waals surface area contributed by atoms with Crippen molar-refractivity contribution in [2.75, 3.05) is 16.3 Å². The molecule has 2 nitrogen and oxygen atoms in total. The van der Waals surface area contributed by atoms with Gasteiger partial charge in [-0.2, -0.15) is 0 Å². The Morgan fingerprint density at radius 1 is 0.491 bits per heavy atom. The molecule has 7 aromatic rings. The van der Waals surface area contributed by atoms with Crippen molar-refractivity contribution in [3.8, 4) is 11.1 Å². The first-order valence-electron chi connectivity index (χ1n) is 19.1. The van der Waals surface area contributed by atoms with E-state index in [1.165, 1.54) is 95.7 Å². The Labute approximate surface area is 313 Å². The third-order valence-electron chi connectivity index (χ3n) is 12.4. The molecule has 1 aliphatic carbocycles. The molecule has 3 aliphatic rings. The average molecular weight is 685 g/mol. The van der Waals surface area contributed by atoms with Gasteiger partial charge in [-0.3, -0.25) is 0 Å². The van der Waals surface area contributed by atoms with Crippen LogP contribution in [-0.2, 0) is 17.3 Å². The second-order valence-electron chi connectivity index (χ2n) is 16.1. The van der Waals surface area contributed by atoms with Gasteiger partial charge in [-0.15, -0.1) is 0 Å². The summed E-state index contributed by atoms with van der Waals surface area (Å²) < 4.78 is 0. The summed E-state index contributed by atoms with van der Waals surface area (Å²) in [5.41, 5.74) is 18.3. The summed E-state index contributed by atoms with van der Waals surface area (Å²) in [6, 6.07) is 54.4. The zero-order valence-corrected chi connectivity index (χ0v) is 31.0. The first-order valence-corrected chi connectivity index (χ1v) is 19.1. The molecule has 53 heavy (non-hydrogen) atoms. The van der Waals surface area contributed by atoms with Crippen molar-refractivity contribution in [3.05, 3.63) is 185 Å². The topological polar surface area (TPSA) is 6.48 Å². The second kappa shape index (κ2) is 11.8. The number of hydrogen-bond acceptors (Lipinski definition) is 2. The zero-order chi connectivity index (χ0) is 35.9. The maximum Gasteiger partial charge on any atom is 0.0540 e. The summed E-state index contributed by atoms with van der Waals surface area (Å²) in [5.74, 6) is 0. The lowest BCUT2D eigenvalue weighted by atomic mass is 9.73. The van der Waals surface area contributed by atoms with Gasteiger partial charge in [-0.25, -0.2) is 0 Å². The summed E-state index contributed by atoms with van der Waals surface area (Å²) in [6.07, 6.45) is 6.94. The van der Waals surface area contributed by atoms with Gasteiger partial charge in [-0.05, 0) is 105 Å². The predicted molar refractivity (Wildman–Crippen MR) is 225 cm³/mol. The molecule has 10 rings (SSSR count). The minimum Gasteiger partial charge on any atom is -0.341 e. The van der Waals surface area contributed by atoms with Gasteiger partial charge in [0.05, 0.1) is 17.1 Å². The Bertz CT molecular complexity index is 2570. The molecule has 0 saturated carbocycles. The minimum absolute atomic E-state index is 0.0875. The van der Waals surface area contributed by atoms with Crippen LogP contribution in [0.3, 0.4) is 0 Å². The van der Waals surface area contributed by atoms with E-state index in [1.54, 1.807) is 0 Å². The van der Waals surface area contributed by atoms with Gasteiger partial charge in [0.25, 0.3) is 0 Å². The van der Waals surface area contributed by atoms with Crippen molar-refractivity contribution in [1.29, 1.82) is 0 Å². The van der Waals surface area contributed by atoms with Crippen LogP contribution in [0.25, 0.3) is 34.1 Å². The van der Waals surface area contributed by atoms with Crippen LogP contribution in [-0.4, -0.2) is 6.54 Å². The molecule has 0 N–H and O–H groups in total. The molecule has 0 radical (unpaired) electrons. The largest absolute Gasteiger partial charge is 0.341 e. The predicted octanol–water partition coefficient (Wildman–Crippen LogP) is 13.5. The van der Waals surface area contributed by atoms with E-state index in [2.05, 4.69) is 195 Å². The molecule has 7 aromatic carbocycles. The van der Waals surface area contributed by atoms with Crippen molar-refractivity contribution >= 4 is 51.4 Å². The second-order valence-corrected chi connectivity index (χ2v) is 16.1. The Morgan fingerprint density at radius 2 is 1.09 bits per heavy atom. The monoisotopic (exact) mass is 684 g/mol. The van der Waals surface area contributed by atoms with Crippen molar-refractivity contribution in [2.24, 2.45) is 0 Å². The number of aryl methyl sites for hydroxylation is 1. The molecular formula is C51H44N2. The maximum atomic E-state index is 2.52. The van der Waals surface area contributed by atoms with Gasteiger partial charge < -0.3 is 9.80 Å². The summed E-state index contributed by atoms with van der Waals surface area (Å²) in [7, 11) is 0. The number of benzene rings is 7. The lowest BCUT2D eigenvalue weighted by Gasteiger charge is -2.42. The third-order valence-corrected chi connectivity index (χ3v) is 12.4. The normalized spacial score (nSPS) is 16.2. The van der Waals surface area contributed by atoms with Crippen LogP contribution in [0.4, 0.5) is 28.4 Å². The fourth-order valence-corrected chi connectivity index (χ4v) is 9.59. The van der Waals surface area contributed by atoms with Gasteiger partial charge in [0.1, 0.15) is 0 Å². The molecule has 0 unspecified atom stereocenters. The van der Waals surface area contributed by atoms with Crippen LogP contribution in [0, 0.1) is 0 Å². The highest BCUT2D eigenvalue weighted by Gasteiger charge is 2.38. The molecule has 2 heterocycles. The molecule has 2 aliphatic heterocycles. The highest BCUT2D eigenvalue weighted by molar-refractivity contribution is 6.04. The lowest BCUT2D eigenvalue weighted by molar-refractivity contribution is 0.632. The molecule has 2 heteroatoms. The highest BCUT2D eigenvalue weighted by Crippen LogP contribution is 2.53. The van der Waals surface area contributed by atoms with Crippen LogP contribution < -0.4 is 9.80 Å². The Hall–Kier alpha value is -5.86. The molecule has 258 valence electrons. The van der Waals surface area contributed by atoms with Crippen molar-refractivity contribution in [3.63, 3.8) is 0 Å². The van der Waals surface area contributed by atoms with Crippen LogP contribution in [0.1, 0.15) is 73.1 Å². The van der Waals surface area contributed by atoms with E-state index in [4.69, 9.17) is 0 Å². The molecule has 0 aromatic heterocycles. The maximum absolute atomic E-state index is 2.52. The Balaban J connectivity index is 1.00. The standard InChI is InChI=1S/C51H44N2/c1-50(2)42-19-6-9-22-48(42)53(49-23-10-7-20-43(49)50)47-24-12-17-38-35(15-11-18-41(38)47)27-25-34-26-29-39-40-30-28-37(33-45(40)51(3,4)44(39)32-34)52-31-13-16-36-14-5-8-21-46(36)52/h5-12,14-15,17-30,32-33H,13,16,31H2,1-4H3/b27-25+. The van der Waals surface area contributed by atoms with Crippen molar-refractivity contribution in [1.82, 2.24) is 0 Å². The summed E-state index contributed by atoms with van der Waals surface area (Å²) in [6.45, 7) is 10.5. The van der Waals surface area contributed by atoms with Crippen LogP contribution in [0.15, 0.2) is 146 Å². The Kier molecular flexibility index (Phi) is 7.11. The lowest BCUT2D eigenvalue weighted by Crippen LogP contribution is -2.30. The quantitative estimate of drug-likeness (QED) is 0.170. The van der Waals surface area contributed by atoms with Crippen molar-refractivity contribution < 1.29 is 0 Å².